The lowest BCUT2D eigenvalue weighted by molar-refractivity contribution is 0.517. The fourth-order valence-corrected chi connectivity index (χ4v) is 0.788. The van der Waals surface area contributed by atoms with Gasteiger partial charge in [-0.3, -0.25) is 0 Å². The van der Waals surface area contributed by atoms with Crippen molar-refractivity contribution >= 4 is 7.28 Å². The van der Waals surface area contributed by atoms with Crippen molar-refractivity contribution in [2.45, 2.75) is 41.5 Å². The van der Waals surface area contributed by atoms with E-state index in [2.05, 4.69) is 54.7 Å². The van der Waals surface area contributed by atoms with Crippen molar-refractivity contribution in [1.29, 1.82) is 0 Å². The molecule has 0 atom stereocenters. The second kappa shape index (κ2) is 3.73. The second-order valence-corrected chi connectivity index (χ2v) is 5.88. The Balaban J connectivity index is 4.34. The molecule has 0 nitrogen and oxygen atoms in total. The van der Waals surface area contributed by atoms with E-state index in [-0.39, 0.29) is 10.8 Å². The Morgan fingerprint density at radius 3 is 1.15 bits per heavy atom. The highest BCUT2D eigenvalue weighted by Crippen LogP contribution is 2.29. The van der Waals surface area contributed by atoms with Crippen molar-refractivity contribution in [3.05, 3.63) is 24.1 Å². The average molecular weight is 178 g/mol. The summed E-state index contributed by atoms with van der Waals surface area (Å²) in [6, 6.07) is 0. The van der Waals surface area contributed by atoms with Crippen LogP contribution in [0.4, 0.5) is 0 Å². The Kier molecular flexibility index (Phi) is 3.60. The van der Waals surface area contributed by atoms with Gasteiger partial charge in [0, 0.05) is 0 Å². The monoisotopic (exact) mass is 178 g/mol. The van der Waals surface area contributed by atoms with Gasteiger partial charge in [-0.15, -0.1) is 24.1 Å². The molecule has 0 bridgehead atoms. The summed E-state index contributed by atoms with van der Waals surface area (Å²) in [6.45, 7) is 21.4. The van der Waals surface area contributed by atoms with Gasteiger partial charge in [-0.25, -0.2) is 0 Å². The van der Waals surface area contributed by atoms with Gasteiger partial charge in [-0.1, -0.05) is 41.5 Å². The molecule has 0 saturated heterocycles. The van der Waals surface area contributed by atoms with E-state index in [1.54, 1.807) is 0 Å². The normalized spacial score (nSPS) is 12.5. The van der Waals surface area contributed by atoms with E-state index in [1.165, 1.54) is 10.9 Å². The topological polar surface area (TPSA) is 0 Å². The van der Waals surface area contributed by atoms with Crippen LogP contribution in [0, 0.1) is 10.8 Å². The van der Waals surface area contributed by atoms with E-state index < -0.39 is 0 Å². The maximum absolute atomic E-state index is 4.12. The van der Waals surface area contributed by atoms with Gasteiger partial charge in [0.2, 0.25) is 0 Å². The first-order valence-corrected chi connectivity index (χ1v) is 4.91. The van der Waals surface area contributed by atoms with Gasteiger partial charge in [-0.05, 0) is 10.8 Å². The van der Waals surface area contributed by atoms with Crippen LogP contribution in [0.2, 0.25) is 0 Å². The summed E-state index contributed by atoms with van der Waals surface area (Å²) in [6.07, 6.45) is 0. The SMILES string of the molecule is C=C(BC(=C)C(C)(C)C)C(C)(C)C. The van der Waals surface area contributed by atoms with Crippen LogP contribution in [-0.4, -0.2) is 7.28 Å². The Bertz CT molecular complexity index is 186. The van der Waals surface area contributed by atoms with E-state index in [4.69, 9.17) is 0 Å². The van der Waals surface area contributed by atoms with Crippen LogP contribution in [0.15, 0.2) is 24.1 Å². The maximum atomic E-state index is 4.12. The Morgan fingerprint density at radius 2 is 1.00 bits per heavy atom. The summed E-state index contributed by atoms with van der Waals surface area (Å²) < 4.78 is 0. The molecule has 0 radical (unpaired) electrons. The lowest BCUT2D eigenvalue weighted by Crippen LogP contribution is -2.21. The zero-order valence-corrected chi connectivity index (χ0v) is 10.1. The smallest absolute Gasteiger partial charge is 0.108 e. The first-order chi connectivity index (χ1) is 5.55. The standard InChI is InChI=1S/C12H23B/c1-9(11(3,4)5)13-10(2)12(6,7)8/h13H,1-2H2,3-8H3. The van der Waals surface area contributed by atoms with Gasteiger partial charge in [0.25, 0.3) is 0 Å². The minimum absolute atomic E-state index is 0.203. The van der Waals surface area contributed by atoms with Crippen molar-refractivity contribution in [2.75, 3.05) is 0 Å². The van der Waals surface area contributed by atoms with Crippen LogP contribution >= 0.6 is 0 Å². The molecule has 0 rings (SSSR count). The third-order valence-corrected chi connectivity index (χ3v) is 2.55. The molecule has 0 N–H and O–H groups in total. The molecule has 0 aliphatic carbocycles. The van der Waals surface area contributed by atoms with Crippen LogP contribution in [0.1, 0.15) is 41.5 Å². The molecular weight excluding hydrogens is 155 g/mol. The third-order valence-electron chi connectivity index (χ3n) is 2.55. The van der Waals surface area contributed by atoms with E-state index >= 15 is 0 Å². The third kappa shape index (κ3) is 4.35. The van der Waals surface area contributed by atoms with E-state index in [0.29, 0.717) is 0 Å². The second-order valence-electron chi connectivity index (χ2n) is 5.88. The van der Waals surface area contributed by atoms with Crippen LogP contribution < -0.4 is 0 Å². The van der Waals surface area contributed by atoms with E-state index in [0.717, 1.165) is 7.28 Å². The summed E-state index contributed by atoms with van der Waals surface area (Å²) in [5, 5.41) is 0. The molecule has 0 aliphatic rings. The molecule has 0 saturated carbocycles. The fraction of sp³-hybridized carbons (Fsp3) is 0.667. The fourth-order valence-electron chi connectivity index (χ4n) is 0.788. The minimum atomic E-state index is 0.203. The molecule has 0 spiro atoms. The molecular formula is C12H23B. The van der Waals surface area contributed by atoms with Gasteiger partial charge in [-0.2, -0.15) is 0 Å². The Morgan fingerprint density at radius 1 is 0.769 bits per heavy atom. The molecule has 0 fully saturated rings. The summed E-state index contributed by atoms with van der Waals surface area (Å²) in [5.41, 5.74) is 2.95. The molecule has 0 unspecified atom stereocenters. The summed E-state index contributed by atoms with van der Waals surface area (Å²) in [5.74, 6) is 0. The first-order valence-electron chi connectivity index (χ1n) is 4.91. The number of rotatable bonds is 2. The Hall–Kier alpha value is -0.455. The average Bonchev–Trinajstić information content (AvgIpc) is 1.82. The van der Waals surface area contributed by atoms with Gasteiger partial charge in [0.1, 0.15) is 0 Å². The van der Waals surface area contributed by atoms with Gasteiger partial charge >= 0.3 is 0 Å². The molecule has 0 heterocycles. The molecule has 13 heavy (non-hydrogen) atoms. The van der Waals surface area contributed by atoms with Crippen molar-refractivity contribution in [1.82, 2.24) is 0 Å². The molecule has 74 valence electrons. The van der Waals surface area contributed by atoms with Crippen molar-refractivity contribution in [2.24, 2.45) is 10.8 Å². The van der Waals surface area contributed by atoms with Crippen LogP contribution in [0.3, 0.4) is 0 Å². The first kappa shape index (κ1) is 12.5. The highest BCUT2D eigenvalue weighted by atomic mass is 14.2. The van der Waals surface area contributed by atoms with Crippen LogP contribution in [0.5, 0.6) is 0 Å². The van der Waals surface area contributed by atoms with Crippen molar-refractivity contribution < 1.29 is 0 Å². The lowest BCUT2D eigenvalue weighted by atomic mass is 9.51. The van der Waals surface area contributed by atoms with Gasteiger partial charge in [0.15, 0.2) is 7.28 Å². The number of hydrogen-bond acceptors (Lipinski definition) is 0. The van der Waals surface area contributed by atoms with E-state index in [9.17, 15) is 0 Å². The summed E-state index contributed by atoms with van der Waals surface area (Å²) >= 11 is 0. The van der Waals surface area contributed by atoms with Crippen LogP contribution in [0.25, 0.3) is 0 Å². The maximum Gasteiger partial charge on any atom is 0.181 e. The zero-order chi connectivity index (χ0) is 10.9. The molecule has 0 aromatic carbocycles. The Labute approximate surface area is 84.4 Å². The highest BCUT2D eigenvalue weighted by Gasteiger charge is 2.21. The lowest BCUT2D eigenvalue weighted by Gasteiger charge is -2.27. The molecule has 0 aliphatic heterocycles. The predicted molar refractivity (Wildman–Crippen MR) is 64.3 cm³/mol. The van der Waals surface area contributed by atoms with Crippen molar-refractivity contribution in [3.8, 4) is 0 Å². The zero-order valence-electron chi connectivity index (χ0n) is 10.1. The quantitative estimate of drug-likeness (QED) is 0.567. The largest absolute Gasteiger partial charge is 0.181 e. The molecule has 0 aromatic heterocycles. The van der Waals surface area contributed by atoms with Crippen LogP contribution in [-0.2, 0) is 0 Å². The summed E-state index contributed by atoms with van der Waals surface area (Å²) in [4.78, 5) is 0. The van der Waals surface area contributed by atoms with E-state index in [1.807, 2.05) is 0 Å². The molecule has 0 amide bonds. The highest BCUT2D eigenvalue weighted by molar-refractivity contribution is 6.54. The summed E-state index contributed by atoms with van der Waals surface area (Å²) in [7, 11) is 0.951. The molecule has 1 heteroatoms. The predicted octanol–water partition coefficient (Wildman–Crippen LogP) is 3.54. The van der Waals surface area contributed by atoms with Crippen molar-refractivity contribution in [3.63, 3.8) is 0 Å². The van der Waals surface area contributed by atoms with Gasteiger partial charge in [0.05, 0.1) is 0 Å². The number of hydrogen-bond donors (Lipinski definition) is 0. The number of allylic oxidation sites excluding steroid dienone is 2. The van der Waals surface area contributed by atoms with Gasteiger partial charge < -0.3 is 0 Å². The molecule has 0 aromatic rings. The minimum Gasteiger partial charge on any atom is -0.108 e.